The molecule has 2 amide bonds. The summed E-state index contributed by atoms with van der Waals surface area (Å²) in [5, 5.41) is 23.3. The second-order valence-corrected chi connectivity index (χ2v) is 3.54. The van der Waals surface area contributed by atoms with Crippen molar-refractivity contribution < 1.29 is 19.6 Å². The summed E-state index contributed by atoms with van der Waals surface area (Å²) >= 11 is 0. The highest BCUT2D eigenvalue weighted by atomic mass is 16.4. The number of carbonyl (C=O) groups excluding carboxylic acids is 2. The molecule has 17 heavy (non-hydrogen) atoms. The minimum absolute atomic E-state index is 0.117. The molecule has 0 radical (unpaired) electrons. The van der Waals surface area contributed by atoms with Crippen molar-refractivity contribution in [2.75, 3.05) is 10.6 Å². The fraction of sp³-hybridized carbons (Fsp3) is 0.200. The maximum Gasteiger partial charge on any atom is 0.490 e. The Bertz CT molecular complexity index is 448. The van der Waals surface area contributed by atoms with Crippen LogP contribution in [0.25, 0.3) is 0 Å². The number of amides is 2. The first-order chi connectivity index (χ1) is 7.90. The molecular formula is C10H13BN2O4. The van der Waals surface area contributed by atoms with Crippen LogP contribution in [0.4, 0.5) is 11.4 Å². The standard InChI is InChI=1S/C10H13BN2O4/c1-6(14)12-8-3-4-10(13-7(2)15)9(5-8)11(16)17/h3-5,16-17H,1-2H3,(H,12,14)(H,13,15). The summed E-state index contributed by atoms with van der Waals surface area (Å²) in [6, 6.07) is 4.43. The molecule has 4 N–H and O–H groups in total. The molecule has 0 aliphatic rings. The van der Waals surface area contributed by atoms with E-state index in [1.165, 1.54) is 26.0 Å². The first-order valence-corrected chi connectivity index (χ1v) is 4.95. The lowest BCUT2D eigenvalue weighted by Crippen LogP contribution is -2.33. The van der Waals surface area contributed by atoms with Gasteiger partial charge in [-0.3, -0.25) is 9.59 Å². The summed E-state index contributed by atoms with van der Waals surface area (Å²) in [4.78, 5) is 21.8. The highest BCUT2D eigenvalue weighted by Gasteiger charge is 2.17. The molecule has 0 atom stereocenters. The normalized spacial score (nSPS) is 9.65. The summed E-state index contributed by atoms with van der Waals surface area (Å²) in [5.41, 5.74) is 0.836. The van der Waals surface area contributed by atoms with Crippen LogP contribution in [0.3, 0.4) is 0 Å². The minimum Gasteiger partial charge on any atom is -0.423 e. The van der Waals surface area contributed by atoms with Crippen molar-refractivity contribution in [1.82, 2.24) is 0 Å². The van der Waals surface area contributed by atoms with E-state index in [-0.39, 0.29) is 17.3 Å². The Labute approximate surface area is 98.8 Å². The monoisotopic (exact) mass is 236 g/mol. The molecule has 0 saturated carbocycles. The number of rotatable bonds is 3. The summed E-state index contributed by atoms with van der Waals surface area (Å²) < 4.78 is 0. The number of anilines is 2. The van der Waals surface area contributed by atoms with E-state index in [0.29, 0.717) is 11.4 Å². The zero-order chi connectivity index (χ0) is 13.0. The Hall–Kier alpha value is -1.86. The highest BCUT2D eigenvalue weighted by Crippen LogP contribution is 2.12. The summed E-state index contributed by atoms with van der Waals surface area (Å²) in [7, 11) is -1.73. The van der Waals surface area contributed by atoms with E-state index in [9.17, 15) is 9.59 Å². The Kier molecular flexibility index (Phi) is 4.25. The molecule has 7 heteroatoms. The van der Waals surface area contributed by atoms with E-state index in [1.807, 2.05) is 0 Å². The fourth-order valence-electron chi connectivity index (χ4n) is 1.36. The molecule has 0 bridgehead atoms. The molecule has 0 aliphatic heterocycles. The van der Waals surface area contributed by atoms with Crippen molar-refractivity contribution in [3.05, 3.63) is 18.2 Å². The molecule has 1 aromatic carbocycles. The van der Waals surface area contributed by atoms with Crippen LogP contribution in [0.5, 0.6) is 0 Å². The molecule has 90 valence electrons. The minimum atomic E-state index is -1.73. The topological polar surface area (TPSA) is 98.7 Å². The Morgan fingerprint density at radius 1 is 1.12 bits per heavy atom. The van der Waals surface area contributed by atoms with Gasteiger partial charge in [-0.2, -0.15) is 0 Å². The van der Waals surface area contributed by atoms with Crippen LogP contribution in [-0.4, -0.2) is 29.0 Å². The van der Waals surface area contributed by atoms with E-state index in [2.05, 4.69) is 10.6 Å². The van der Waals surface area contributed by atoms with E-state index in [0.717, 1.165) is 0 Å². The lowest BCUT2D eigenvalue weighted by Gasteiger charge is -2.11. The average molecular weight is 236 g/mol. The third-order valence-corrected chi connectivity index (χ3v) is 1.96. The largest absolute Gasteiger partial charge is 0.490 e. The Morgan fingerprint density at radius 2 is 1.71 bits per heavy atom. The molecule has 1 rings (SSSR count). The Morgan fingerprint density at radius 3 is 2.18 bits per heavy atom. The average Bonchev–Trinajstić information content (AvgIpc) is 2.18. The number of benzene rings is 1. The molecule has 6 nitrogen and oxygen atoms in total. The molecule has 0 fully saturated rings. The van der Waals surface area contributed by atoms with Crippen molar-refractivity contribution in [1.29, 1.82) is 0 Å². The molecule has 0 aromatic heterocycles. The van der Waals surface area contributed by atoms with E-state index >= 15 is 0 Å². The van der Waals surface area contributed by atoms with Gasteiger partial charge in [-0.1, -0.05) is 0 Å². The summed E-state index contributed by atoms with van der Waals surface area (Å²) in [6.45, 7) is 2.66. The van der Waals surface area contributed by atoms with Crippen LogP contribution in [-0.2, 0) is 9.59 Å². The molecule has 0 heterocycles. The first-order valence-electron chi connectivity index (χ1n) is 4.95. The zero-order valence-electron chi connectivity index (χ0n) is 9.52. The number of nitrogens with one attached hydrogen (secondary N) is 2. The van der Waals surface area contributed by atoms with Gasteiger partial charge in [0.05, 0.1) is 0 Å². The fourth-order valence-corrected chi connectivity index (χ4v) is 1.36. The van der Waals surface area contributed by atoms with Crippen LogP contribution >= 0.6 is 0 Å². The van der Waals surface area contributed by atoms with Crippen LogP contribution in [0.1, 0.15) is 13.8 Å². The van der Waals surface area contributed by atoms with Crippen molar-refractivity contribution in [2.45, 2.75) is 13.8 Å². The first kappa shape index (κ1) is 13.2. The van der Waals surface area contributed by atoms with Crippen molar-refractivity contribution in [3.63, 3.8) is 0 Å². The molecule has 0 saturated heterocycles. The van der Waals surface area contributed by atoms with E-state index < -0.39 is 7.12 Å². The molecule has 1 aromatic rings. The maximum atomic E-state index is 10.9. The second kappa shape index (κ2) is 5.47. The van der Waals surface area contributed by atoms with E-state index in [4.69, 9.17) is 10.0 Å². The lowest BCUT2D eigenvalue weighted by atomic mass is 9.78. The van der Waals surface area contributed by atoms with Gasteiger partial charge in [-0.25, -0.2) is 0 Å². The highest BCUT2D eigenvalue weighted by molar-refractivity contribution is 6.61. The van der Waals surface area contributed by atoms with Gasteiger partial charge in [0.25, 0.3) is 0 Å². The maximum absolute atomic E-state index is 10.9. The molecule has 0 unspecified atom stereocenters. The van der Waals surface area contributed by atoms with Crippen LogP contribution < -0.4 is 16.1 Å². The van der Waals surface area contributed by atoms with Gasteiger partial charge in [0.1, 0.15) is 0 Å². The van der Waals surface area contributed by atoms with Gasteiger partial charge in [-0.05, 0) is 18.2 Å². The van der Waals surface area contributed by atoms with Gasteiger partial charge < -0.3 is 20.7 Å². The van der Waals surface area contributed by atoms with Crippen LogP contribution in [0, 0.1) is 0 Å². The van der Waals surface area contributed by atoms with Crippen molar-refractivity contribution >= 4 is 35.8 Å². The third-order valence-electron chi connectivity index (χ3n) is 1.96. The second-order valence-electron chi connectivity index (χ2n) is 3.54. The van der Waals surface area contributed by atoms with Crippen molar-refractivity contribution in [2.24, 2.45) is 0 Å². The number of hydrogen-bond donors (Lipinski definition) is 4. The molecule has 0 spiro atoms. The third kappa shape index (κ3) is 3.89. The summed E-state index contributed by atoms with van der Waals surface area (Å²) in [5.74, 6) is -0.588. The quantitative estimate of drug-likeness (QED) is 0.520. The molecular weight excluding hydrogens is 223 g/mol. The zero-order valence-corrected chi connectivity index (χ0v) is 9.52. The SMILES string of the molecule is CC(=O)Nc1ccc(NC(C)=O)c(B(O)O)c1. The van der Waals surface area contributed by atoms with Gasteiger partial charge in [0.2, 0.25) is 11.8 Å². The lowest BCUT2D eigenvalue weighted by molar-refractivity contribution is -0.115. The number of hydrogen-bond acceptors (Lipinski definition) is 4. The summed E-state index contributed by atoms with van der Waals surface area (Å²) in [6.07, 6.45) is 0. The van der Waals surface area contributed by atoms with Crippen molar-refractivity contribution in [3.8, 4) is 0 Å². The molecule has 0 aliphatic carbocycles. The predicted molar refractivity (Wildman–Crippen MR) is 64.9 cm³/mol. The van der Waals surface area contributed by atoms with Crippen LogP contribution in [0.15, 0.2) is 18.2 Å². The smallest absolute Gasteiger partial charge is 0.423 e. The van der Waals surface area contributed by atoms with Gasteiger partial charge >= 0.3 is 7.12 Å². The Balaban J connectivity index is 3.07. The van der Waals surface area contributed by atoms with Crippen LogP contribution in [0.2, 0.25) is 0 Å². The van der Waals surface area contributed by atoms with Gasteiger partial charge in [0, 0.05) is 30.7 Å². The van der Waals surface area contributed by atoms with E-state index in [1.54, 1.807) is 6.07 Å². The number of carbonyl (C=O) groups is 2. The predicted octanol–water partition coefficient (Wildman–Crippen LogP) is -0.717. The van der Waals surface area contributed by atoms with Gasteiger partial charge in [-0.15, -0.1) is 0 Å². The van der Waals surface area contributed by atoms with Gasteiger partial charge in [0.15, 0.2) is 0 Å².